The van der Waals surface area contributed by atoms with Gasteiger partial charge in [-0.25, -0.2) is 4.57 Å². The third-order valence-corrected chi connectivity index (χ3v) is 12.5. The number of fused-ring (bicyclic) bond motifs is 16. The van der Waals surface area contributed by atoms with Crippen LogP contribution in [0.25, 0.3) is 55.6 Å². The van der Waals surface area contributed by atoms with E-state index < -0.39 is 13.7 Å². The normalized spacial score (nSPS) is 16.6. The lowest BCUT2D eigenvalue weighted by molar-refractivity contribution is -0.734. The SMILES string of the molecule is CC[n+]1c2n(c3ccccc31)C1(c3cc(C)ccc3-c3cc(CC(C)C)c([Si](C)(C)C)c[n+]31)c1ccc3c(oc4ccccc43)c1-2. The van der Waals surface area contributed by atoms with Gasteiger partial charge in [-0.05, 0) is 74.2 Å². The van der Waals surface area contributed by atoms with Crippen LogP contribution in [-0.4, -0.2) is 12.6 Å². The summed E-state index contributed by atoms with van der Waals surface area (Å²) in [6.07, 6.45) is 3.66. The lowest BCUT2D eigenvalue weighted by atomic mass is 9.88. The zero-order chi connectivity index (χ0) is 31.7. The zero-order valence-electron chi connectivity index (χ0n) is 27.9. The Balaban J connectivity index is 1.54. The molecule has 228 valence electrons. The number of hydrogen-bond acceptors (Lipinski definition) is 1. The maximum absolute atomic E-state index is 6.86. The number of benzene rings is 4. The molecule has 0 fully saturated rings. The summed E-state index contributed by atoms with van der Waals surface area (Å²) in [7, 11) is -1.73. The summed E-state index contributed by atoms with van der Waals surface area (Å²) in [5, 5.41) is 3.89. The Morgan fingerprint density at radius 2 is 1.65 bits per heavy atom. The molecule has 7 aromatic rings. The van der Waals surface area contributed by atoms with E-state index in [0.717, 1.165) is 24.1 Å². The third kappa shape index (κ3) is 3.39. The smallest absolute Gasteiger partial charge is 0.364 e. The number of aromatic nitrogens is 3. The van der Waals surface area contributed by atoms with E-state index >= 15 is 0 Å². The molecule has 2 aliphatic rings. The van der Waals surface area contributed by atoms with Gasteiger partial charge in [0.15, 0.2) is 22.8 Å². The summed E-state index contributed by atoms with van der Waals surface area (Å²) in [5.41, 5.74) is 13.1. The highest BCUT2D eigenvalue weighted by molar-refractivity contribution is 6.89. The predicted octanol–water partition coefficient (Wildman–Crippen LogP) is 8.45. The molecule has 3 aromatic heterocycles. The van der Waals surface area contributed by atoms with Crippen molar-refractivity contribution in [3.8, 4) is 22.6 Å². The van der Waals surface area contributed by atoms with Crippen molar-refractivity contribution in [2.24, 2.45) is 5.92 Å². The Hall–Kier alpha value is -4.48. The first-order valence-corrected chi connectivity index (χ1v) is 20.3. The molecule has 46 heavy (non-hydrogen) atoms. The Bertz CT molecular complexity index is 2420. The zero-order valence-corrected chi connectivity index (χ0v) is 28.9. The number of para-hydroxylation sites is 3. The molecular weight excluding hydrogens is 579 g/mol. The number of pyridine rings is 1. The fraction of sp³-hybridized carbons (Fsp3) is 0.268. The number of imidazole rings is 1. The number of rotatable bonds is 4. The highest BCUT2D eigenvalue weighted by Gasteiger charge is 2.67. The minimum Gasteiger partial charge on any atom is -0.455 e. The number of aryl methyl sites for hydroxylation is 2. The van der Waals surface area contributed by atoms with E-state index in [4.69, 9.17) is 4.42 Å². The van der Waals surface area contributed by atoms with Crippen LogP contribution in [0.1, 0.15) is 43.0 Å². The summed E-state index contributed by atoms with van der Waals surface area (Å²) in [4.78, 5) is 0. The summed E-state index contributed by atoms with van der Waals surface area (Å²) in [6.45, 7) is 17.6. The van der Waals surface area contributed by atoms with Crippen molar-refractivity contribution in [3.05, 3.63) is 113 Å². The molecule has 5 heterocycles. The van der Waals surface area contributed by atoms with E-state index in [0.29, 0.717) is 5.92 Å². The lowest BCUT2D eigenvalue weighted by Gasteiger charge is -2.24. The molecule has 0 amide bonds. The van der Waals surface area contributed by atoms with E-state index in [2.05, 4.69) is 152 Å². The first-order valence-electron chi connectivity index (χ1n) is 16.8. The van der Waals surface area contributed by atoms with E-state index in [-0.39, 0.29) is 0 Å². The van der Waals surface area contributed by atoms with Gasteiger partial charge in [-0.3, -0.25) is 0 Å². The molecule has 0 saturated carbocycles. The number of nitrogens with zero attached hydrogens (tertiary/aromatic N) is 3. The average molecular weight is 620 g/mol. The van der Waals surface area contributed by atoms with Crippen molar-refractivity contribution in [1.29, 1.82) is 0 Å². The molecular formula is C41H41N3OSi+2. The Morgan fingerprint density at radius 1 is 0.870 bits per heavy atom. The van der Waals surface area contributed by atoms with Crippen LogP contribution in [0, 0.1) is 12.8 Å². The standard InChI is InChI=1S/C41H41N3OSi/c1-8-42-33-14-10-11-15-34(33)44-40(42)38-31(20-19-29-28-13-9-12-16-36(28)45-39(29)38)41(44)32-22-26(4)17-18-30(32)35-23-27(21-25(2)3)37(24-43(35)41)46(5,6)7/h9-20,22-25H,8,21H2,1-7H3/q+2. The maximum atomic E-state index is 6.86. The molecule has 0 N–H and O–H groups in total. The maximum Gasteiger partial charge on any atom is 0.364 e. The van der Waals surface area contributed by atoms with Gasteiger partial charge in [0, 0.05) is 22.0 Å². The van der Waals surface area contributed by atoms with Crippen LogP contribution in [0.4, 0.5) is 0 Å². The first kappa shape index (κ1) is 27.8. The molecule has 2 aliphatic heterocycles. The number of hydrogen-bond donors (Lipinski definition) is 0. The van der Waals surface area contributed by atoms with Crippen LogP contribution in [-0.2, 0) is 18.6 Å². The first-order chi connectivity index (χ1) is 22.1. The molecule has 0 saturated heterocycles. The van der Waals surface area contributed by atoms with Crippen molar-refractivity contribution in [3.63, 3.8) is 0 Å². The monoisotopic (exact) mass is 619 g/mol. The van der Waals surface area contributed by atoms with Crippen molar-refractivity contribution in [2.45, 2.75) is 66.0 Å². The molecule has 1 unspecified atom stereocenters. The minimum atomic E-state index is -1.73. The van der Waals surface area contributed by atoms with Gasteiger partial charge < -0.3 is 4.42 Å². The van der Waals surface area contributed by atoms with Gasteiger partial charge in [0.05, 0.1) is 31.3 Å². The molecule has 1 spiro atoms. The summed E-state index contributed by atoms with van der Waals surface area (Å²) < 4.78 is 14.7. The highest BCUT2D eigenvalue weighted by Crippen LogP contribution is 2.55. The van der Waals surface area contributed by atoms with Crippen LogP contribution >= 0.6 is 0 Å². The molecule has 4 nitrogen and oxygen atoms in total. The fourth-order valence-electron chi connectivity index (χ4n) is 8.70. The summed E-state index contributed by atoms with van der Waals surface area (Å²) in [5.74, 6) is 1.81. The second-order valence-corrected chi connectivity index (χ2v) is 19.9. The van der Waals surface area contributed by atoms with Gasteiger partial charge in [-0.1, -0.05) is 75.5 Å². The fourth-order valence-corrected chi connectivity index (χ4v) is 10.4. The van der Waals surface area contributed by atoms with Crippen LogP contribution in [0.5, 0.6) is 0 Å². The molecule has 4 aromatic carbocycles. The van der Waals surface area contributed by atoms with Crippen LogP contribution in [0.15, 0.2) is 95.5 Å². The predicted molar refractivity (Wildman–Crippen MR) is 190 cm³/mol. The van der Waals surface area contributed by atoms with Gasteiger partial charge in [0.25, 0.3) is 0 Å². The van der Waals surface area contributed by atoms with Gasteiger partial charge >= 0.3 is 11.5 Å². The second kappa shape index (κ2) is 9.29. The third-order valence-electron chi connectivity index (χ3n) is 10.5. The average Bonchev–Trinajstić information content (AvgIpc) is 3.72. The molecule has 0 bridgehead atoms. The van der Waals surface area contributed by atoms with Gasteiger partial charge in [0.1, 0.15) is 11.1 Å². The van der Waals surface area contributed by atoms with Gasteiger partial charge in [-0.2, -0.15) is 4.57 Å². The lowest BCUT2D eigenvalue weighted by Crippen LogP contribution is -2.61. The summed E-state index contributed by atoms with van der Waals surface area (Å²) in [6, 6.07) is 31.8. The van der Waals surface area contributed by atoms with Crippen LogP contribution in [0.3, 0.4) is 0 Å². The summed E-state index contributed by atoms with van der Waals surface area (Å²) >= 11 is 0. The van der Waals surface area contributed by atoms with Gasteiger partial charge in [-0.15, -0.1) is 4.57 Å². The largest absolute Gasteiger partial charge is 0.455 e. The Morgan fingerprint density at radius 3 is 2.43 bits per heavy atom. The van der Waals surface area contributed by atoms with Crippen LogP contribution in [0.2, 0.25) is 19.6 Å². The topological polar surface area (TPSA) is 25.8 Å². The Labute approximate surface area is 271 Å². The molecule has 1 atom stereocenters. The quantitative estimate of drug-likeness (QED) is 0.143. The minimum absolute atomic E-state index is 0.586. The molecule has 0 aliphatic carbocycles. The van der Waals surface area contributed by atoms with Crippen molar-refractivity contribution in [2.75, 3.05) is 0 Å². The van der Waals surface area contributed by atoms with Crippen LogP contribution < -0.4 is 14.3 Å². The van der Waals surface area contributed by atoms with E-state index in [1.54, 1.807) is 5.19 Å². The highest BCUT2D eigenvalue weighted by atomic mass is 28.3. The van der Waals surface area contributed by atoms with E-state index in [1.807, 2.05) is 0 Å². The van der Waals surface area contributed by atoms with Crippen molar-refractivity contribution >= 4 is 46.2 Å². The van der Waals surface area contributed by atoms with Crippen molar-refractivity contribution < 1.29 is 13.6 Å². The van der Waals surface area contributed by atoms with E-state index in [1.165, 1.54) is 66.7 Å². The Kier molecular flexibility index (Phi) is 5.61. The molecule has 0 radical (unpaired) electrons. The number of furan rings is 1. The van der Waals surface area contributed by atoms with E-state index in [9.17, 15) is 0 Å². The molecule has 9 rings (SSSR count). The molecule has 5 heteroatoms. The van der Waals surface area contributed by atoms with Crippen molar-refractivity contribution in [1.82, 2.24) is 4.57 Å². The second-order valence-electron chi connectivity index (χ2n) is 14.9. The van der Waals surface area contributed by atoms with Gasteiger partial charge in [0.2, 0.25) is 5.69 Å².